The number of carbonyl (C=O) groups is 2. The summed E-state index contributed by atoms with van der Waals surface area (Å²) < 4.78 is 4.96. The van der Waals surface area contributed by atoms with Crippen molar-refractivity contribution >= 4 is 17.6 Å². The van der Waals surface area contributed by atoms with Crippen LogP contribution in [0.5, 0.6) is 0 Å². The lowest BCUT2D eigenvalue weighted by molar-refractivity contribution is -0.131. The van der Waals surface area contributed by atoms with E-state index in [9.17, 15) is 9.59 Å². The second kappa shape index (κ2) is 7.67. The number of amides is 2. The quantitative estimate of drug-likeness (QED) is 0.766. The van der Waals surface area contributed by atoms with Crippen molar-refractivity contribution in [1.82, 2.24) is 10.1 Å². The standard InChI is InChI=1S/C14H23N3O3/c1-5-7-16(8-6-2)14(19)10-17(12(4)18)13-9-11(3)20-15-13/h9H,5-8,10H2,1-4H3. The molecular weight excluding hydrogens is 258 g/mol. The van der Waals surface area contributed by atoms with E-state index in [1.807, 2.05) is 13.8 Å². The lowest BCUT2D eigenvalue weighted by Gasteiger charge is -2.25. The summed E-state index contributed by atoms with van der Waals surface area (Å²) in [6.07, 6.45) is 1.80. The van der Waals surface area contributed by atoms with Crippen molar-refractivity contribution in [2.24, 2.45) is 0 Å². The fourth-order valence-corrected chi connectivity index (χ4v) is 1.97. The molecular formula is C14H23N3O3. The molecule has 20 heavy (non-hydrogen) atoms. The van der Waals surface area contributed by atoms with Crippen molar-refractivity contribution in [3.63, 3.8) is 0 Å². The van der Waals surface area contributed by atoms with Crippen LogP contribution in [0.15, 0.2) is 10.6 Å². The average Bonchev–Trinajstić information content (AvgIpc) is 2.81. The van der Waals surface area contributed by atoms with E-state index in [2.05, 4.69) is 5.16 Å². The zero-order valence-electron chi connectivity index (χ0n) is 12.7. The SMILES string of the molecule is CCCN(CCC)C(=O)CN(C(C)=O)c1cc(C)on1. The van der Waals surface area contributed by atoms with Crippen molar-refractivity contribution < 1.29 is 14.1 Å². The van der Waals surface area contributed by atoms with Crippen LogP contribution in [-0.4, -0.2) is 41.5 Å². The molecule has 0 aromatic carbocycles. The van der Waals surface area contributed by atoms with Crippen molar-refractivity contribution in [3.8, 4) is 0 Å². The molecule has 2 amide bonds. The summed E-state index contributed by atoms with van der Waals surface area (Å²) in [5, 5.41) is 3.80. The summed E-state index contributed by atoms with van der Waals surface area (Å²) in [4.78, 5) is 27.1. The van der Waals surface area contributed by atoms with E-state index >= 15 is 0 Å². The second-order valence-corrected chi connectivity index (χ2v) is 4.78. The number of aromatic nitrogens is 1. The predicted molar refractivity (Wildman–Crippen MR) is 76.4 cm³/mol. The molecule has 0 saturated carbocycles. The normalized spacial score (nSPS) is 10.4. The first kappa shape index (κ1) is 16.2. The van der Waals surface area contributed by atoms with Crippen LogP contribution in [0.4, 0.5) is 5.82 Å². The van der Waals surface area contributed by atoms with Gasteiger partial charge >= 0.3 is 0 Å². The zero-order valence-corrected chi connectivity index (χ0v) is 12.7. The van der Waals surface area contributed by atoms with Gasteiger partial charge in [0.05, 0.1) is 0 Å². The number of hydrogen-bond acceptors (Lipinski definition) is 4. The fraction of sp³-hybridized carbons (Fsp3) is 0.643. The van der Waals surface area contributed by atoms with E-state index < -0.39 is 0 Å². The van der Waals surface area contributed by atoms with Crippen molar-refractivity contribution in [2.75, 3.05) is 24.5 Å². The third-order valence-electron chi connectivity index (χ3n) is 2.91. The van der Waals surface area contributed by atoms with Gasteiger partial charge in [0.15, 0.2) is 5.82 Å². The number of nitrogens with zero attached hydrogens (tertiary/aromatic N) is 3. The summed E-state index contributed by atoms with van der Waals surface area (Å²) in [5.74, 6) is 0.707. The summed E-state index contributed by atoms with van der Waals surface area (Å²) in [7, 11) is 0. The average molecular weight is 281 g/mol. The van der Waals surface area contributed by atoms with E-state index in [0.29, 0.717) is 24.7 Å². The molecule has 112 valence electrons. The Hall–Kier alpha value is -1.85. The topological polar surface area (TPSA) is 66.7 Å². The minimum absolute atomic E-state index is 0.00130. The molecule has 1 aromatic rings. The highest BCUT2D eigenvalue weighted by Crippen LogP contribution is 2.14. The Morgan fingerprint density at radius 3 is 2.25 bits per heavy atom. The first-order valence-corrected chi connectivity index (χ1v) is 6.98. The smallest absolute Gasteiger partial charge is 0.242 e. The van der Waals surface area contributed by atoms with Gasteiger partial charge in [0.2, 0.25) is 11.8 Å². The van der Waals surface area contributed by atoms with Crippen LogP contribution in [0, 0.1) is 6.92 Å². The van der Waals surface area contributed by atoms with E-state index in [-0.39, 0.29) is 18.4 Å². The maximum atomic E-state index is 12.3. The summed E-state index contributed by atoms with van der Waals surface area (Å²) >= 11 is 0. The van der Waals surface area contributed by atoms with Gasteiger partial charge in [-0.3, -0.25) is 14.5 Å². The zero-order chi connectivity index (χ0) is 15.1. The van der Waals surface area contributed by atoms with Crippen LogP contribution < -0.4 is 4.90 Å². The number of rotatable bonds is 7. The molecule has 0 bridgehead atoms. The molecule has 1 rings (SSSR count). The number of carbonyl (C=O) groups excluding carboxylic acids is 2. The molecule has 6 heteroatoms. The Labute approximate surface area is 119 Å². The van der Waals surface area contributed by atoms with Crippen LogP contribution in [0.2, 0.25) is 0 Å². The number of hydrogen-bond donors (Lipinski definition) is 0. The molecule has 0 aliphatic heterocycles. The monoisotopic (exact) mass is 281 g/mol. The fourth-order valence-electron chi connectivity index (χ4n) is 1.97. The molecule has 0 atom stereocenters. The van der Waals surface area contributed by atoms with Gasteiger partial charge in [-0.2, -0.15) is 0 Å². The molecule has 6 nitrogen and oxygen atoms in total. The maximum Gasteiger partial charge on any atom is 0.242 e. The second-order valence-electron chi connectivity index (χ2n) is 4.78. The third kappa shape index (κ3) is 4.36. The van der Waals surface area contributed by atoms with Gasteiger partial charge in [-0.15, -0.1) is 0 Å². The molecule has 0 radical (unpaired) electrons. The third-order valence-corrected chi connectivity index (χ3v) is 2.91. The highest BCUT2D eigenvalue weighted by Gasteiger charge is 2.21. The van der Waals surface area contributed by atoms with Crippen LogP contribution >= 0.6 is 0 Å². The molecule has 0 fully saturated rings. The Balaban J connectivity index is 2.79. The van der Waals surface area contributed by atoms with Gasteiger partial charge < -0.3 is 9.42 Å². The van der Waals surface area contributed by atoms with Crippen LogP contribution in [0.1, 0.15) is 39.4 Å². The first-order chi connectivity index (χ1) is 9.49. The van der Waals surface area contributed by atoms with Gasteiger partial charge in [0, 0.05) is 26.1 Å². The minimum atomic E-state index is -0.223. The lowest BCUT2D eigenvalue weighted by Crippen LogP contribution is -2.43. The summed E-state index contributed by atoms with van der Waals surface area (Å²) in [5.41, 5.74) is 0. The summed E-state index contributed by atoms with van der Waals surface area (Å²) in [6.45, 7) is 8.63. The largest absolute Gasteiger partial charge is 0.360 e. The molecule has 0 N–H and O–H groups in total. The maximum absolute atomic E-state index is 12.3. The molecule has 0 aliphatic carbocycles. The Morgan fingerprint density at radius 1 is 1.25 bits per heavy atom. The van der Waals surface area contributed by atoms with Crippen molar-refractivity contribution in [2.45, 2.75) is 40.5 Å². The molecule has 0 saturated heterocycles. The van der Waals surface area contributed by atoms with Crippen LogP contribution in [0.3, 0.4) is 0 Å². The van der Waals surface area contributed by atoms with E-state index in [4.69, 9.17) is 4.52 Å². The van der Waals surface area contributed by atoms with Gasteiger partial charge in [-0.1, -0.05) is 19.0 Å². The van der Waals surface area contributed by atoms with Crippen molar-refractivity contribution in [3.05, 3.63) is 11.8 Å². The molecule has 0 spiro atoms. The van der Waals surface area contributed by atoms with E-state index in [1.165, 1.54) is 11.8 Å². The predicted octanol–water partition coefficient (Wildman–Crippen LogP) is 1.98. The number of aryl methyl sites for hydroxylation is 1. The first-order valence-electron chi connectivity index (χ1n) is 6.98. The van der Waals surface area contributed by atoms with Crippen LogP contribution in [0.25, 0.3) is 0 Å². The lowest BCUT2D eigenvalue weighted by atomic mass is 10.3. The van der Waals surface area contributed by atoms with E-state index in [0.717, 1.165) is 12.8 Å². The highest BCUT2D eigenvalue weighted by atomic mass is 16.5. The molecule has 0 unspecified atom stereocenters. The molecule has 0 aliphatic rings. The van der Waals surface area contributed by atoms with Gasteiger partial charge in [-0.05, 0) is 19.8 Å². The number of anilines is 1. The Morgan fingerprint density at radius 2 is 1.85 bits per heavy atom. The van der Waals surface area contributed by atoms with Gasteiger partial charge in [-0.25, -0.2) is 0 Å². The summed E-state index contributed by atoms with van der Waals surface area (Å²) in [6, 6.07) is 1.65. The molecule has 1 aromatic heterocycles. The molecule has 1 heterocycles. The van der Waals surface area contributed by atoms with Crippen LogP contribution in [-0.2, 0) is 9.59 Å². The Kier molecular flexibility index (Phi) is 6.21. The van der Waals surface area contributed by atoms with Gasteiger partial charge in [0.1, 0.15) is 12.3 Å². The van der Waals surface area contributed by atoms with Crippen molar-refractivity contribution in [1.29, 1.82) is 0 Å². The van der Waals surface area contributed by atoms with Gasteiger partial charge in [0.25, 0.3) is 0 Å². The highest BCUT2D eigenvalue weighted by molar-refractivity contribution is 5.96. The minimum Gasteiger partial charge on any atom is -0.360 e. The van der Waals surface area contributed by atoms with E-state index in [1.54, 1.807) is 17.9 Å². The Bertz CT molecular complexity index is 450.